The summed E-state index contributed by atoms with van der Waals surface area (Å²) < 4.78 is 0. The van der Waals surface area contributed by atoms with Crippen molar-refractivity contribution in [1.29, 1.82) is 0 Å². The van der Waals surface area contributed by atoms with Crippen molar-refractivity contribution in [3.05, 3.63) is 48.0 Å². The maximum absolute atomic E-state index is 13.0. The molecule has 0 radical (unpaired) electrons. The molecule has 0 saturated carbocycles. The lowest BCUT2D eigenvalue weighted by atomic mass is 10.1. The number of nitrogens with zero attached hydrogens (tertiary/aromatic N) is 2. The molecule has 2 aliphatic heterocycles. The Labute approximate surface area is 171 Å². The first-order chi connectivity index (χ1) is 14.1. The average Bonchev–Trinajstić information content (AvgIpc) is 3.08. The first-order valence-corrected chi connectivity index (χ1v) is 10.4. The monoisotopic (exact) mass is 392 g/mol. The average molecular weight is 393 g/mol. The van der Waals surface area contributed by atoms with E-state index in [1.807, 2.05) is 42.3 Å². The molecule has 0 bridgehead atoms. The minimum Gasteiger partial charge on any atom is -0.372 e. The van der Waals surface area contributed by atoms with Crippen LogP contribution in [0.1, 0.15) is 42.5 Å². The number of carbonyl (C=O) groups excluding carboxylic acids is 2. The van der Waals surface area contributed by atoms with Crippen molar-refractivity contribution < 1.29 is 9.59 Å². The highest BCUT2D eigenvalue weighted by Gasteiger charge is 2.19. The van der Waals surface area contributed by atoms with E-state index in [1.165, 1.54) is 25.7 Å². The van der Waals surface area contributed by atoms with Gasteiger partial charge in [-0.15, -0.1) is 0 Å². The summed E-state index contributed by atoms with van der Waals surface area (Å²) in [6, 6.07) is 13.5. The van der Waals surface area contributed by atoms with Gasteiger partial charge in [-0.1, -0.05) is 25.0 Å². The van der Waals surface area contributed by atoms with E-state index in [9.17, 15) is 9.59 Å². The Kier molecular flexibility index (Phi) is 5.69. The van der Waals surface area contributed by atoms with Crippen LogP contribution in [0.4, 0.5) is 22.7 Å². The lowest BCUT2D eigenvalue weighted by Crippen LogP contribution is -2.25. The zero-order chi connectivity index (χ0) is 20.2. The van der Waals surface area contributed by atoms with Crippen LogP contribution >= 0.6 is 0 Å². The van der Waals surface area contributed by atoms with Crippen LogP contribution in [0.2, 0.25) is 0 Å². The molecule has 0 atom stereocenters. The summed E-state index contributed by atoms with van der Waals surface area (Å²) in [6.45, 7) is 2.70. The molecule has 1 fully saturated rings. The van der Waals surface area contributed by atoms with E-state index in [0.717, 1.165) is 30.2 Å². The van der Waals surface area contributed by atoms with E-state index >= 15 is 0 Å². The summed E-state index contributed by atoms with van der Waals surface area (Å²) >= 11 is 0. The molecular formula is C23H28N4O2. The second-order valence-corrected chi connectivity index (χ2v) is 7.82. The Bertz CT molecular complexity index is 904. The van der Waals surface area contributed by atoms with E-state index in [2.05, 4.69) is 21.6 Å². The third-order valence-electron chi connectivity index (χ3n) is 5.72. The number of fused-ring (bicyclic) bond motifs is 1. The fourth-order valence-electron chi connectivity index (χ4n) is 4.07. The van der Waals surface area contributed by atoms with Crippen molar-refractivity contribution in [2.24, 2.45) is 0 Å². The number of hydrogen-bond donors (Lipinski definition) is 2. The summed E-state index contributed by atoms with van der Waals surface area (Å²) in [5, 5.41) is 6.00. The van der Waals surface area contributed by atoms with Crippen molar-refractivity contribution in [3.63, 3.8) is 0 Å². The van der Waals surface area contributed by atoms with Crippen molar-refractivity contribution in [1.82, 2.24) is 0 Å². The van der Waals surface area contributed by atoms with Crippen LogP contribution in [-0.4, -0.2) is 38.5 Å². The van der Waals surface area contributed by atoms with E-state index in [-0.39, 0.29) is 11.8 Å². The molecular weight excluding hydrogens is 364 g/mol. The van der Waals surface area contributed by atoms with Crippen molar-refractivity contribution in [2.75, 3.05) is 47.1 Å². The Hall–Kier alpha value is -3.02. The Morgan fingerprint density at radius 2 is 1.72 bits per heavy atom. The van der Waals surface area contributed by atoms with Gasteiger partial charge in [-0.25, -0.2) is 0 Å². The molecule has 2 heterocycles. The number of benzene rings is 2. The van der Waals surface area contributed by atoms with Gasteiger partial charge in [-0.05, 0) is 43.2 Å². The SMILES string of the molecule is CN1CCC(=O)Nc2cc(C(=O)Nc3ccccc3N3CCCCCC3)ccc21. The molecule has 1 saturated heterocycles. The molecule has 6 heteroatoms. The first kappa shape index (κ1) is 19.3. The van der Waals surface area contributed by atoms with E-state index in [1.54, 1.807) is 6.07 Å². The highest BCUT2D eigenvalue weighted by atomic mass is 16.2. The molecule has 0 spiro atoms. The summed E-state index contributed by atoms with van der Waals surface area (Å²) in [7, 11) is 1.95. The molecule has 2 amide bonds. The van der Waals surface area contributed by atoms with Crippen molar-refractivity contribution in [3.8, 4) is 0 Å². The normalized spacial score (nSPS) is 17.1. The minimum atomic E-state index is -0.170. The molecule has 0 unspecified atom stereocenters. The third kappa shape index (κ3) is 4.36. The zero-order valence-electron chi connectivity index (χ0n) is 16.9. The molecule has 29 heavy (non-hydrogen) atoms. The maximum atomic E-state index is 13.0. The van der Waals surface area contributed by atoms with Crippen LogP contribution in [0.15, 0.2) is 42.5 Å². The summed E-state index contributed by atoms with van der Waals surface area (Å²) in [5.74, 6) is -0.198. The standard InChI is InChI=1S/C23H28N4O2/c1-26-15-12-22(28)24-19-16-17(10-11-20(19)26)23(29)25-18-8-4-5-9-21(18)27-13-6-2-3-7-14-27/h4-5,8-11,16H,2-3,6-7,12-15H2,1H3,(H,24,28)(H,25,29). The fourth-order valence-corrected chi connectivity index (χ4v) is 4.07. The van der Waals surface area contributed by atoms with E-state index in [0.29, 0.717) is 24.2 Å². The van der Waals surface area contributed by atoms with E-state index in [4.69, 9.17) is 0 Å². The molecule has 0 aliphatic carbocycles. The molecule has 6 nitrogen and oxygen atoms in total. The molecule has 2 aliphatic rings. The van der Waals surface area contributed by atoms with Crippen LogP contribution in [0.5, 0.6) is 0 Å². The largest absolute Gasteiger partial charge is 0.372 e. The van der Waals surface area contributed by atoms with Gasteiger partial charge in [0, 0.05) is 38.7 Å². The molecule has 152 valence electrons. The lowest BCUT2D eigenvalue weighted by molar-refractivity contribution is -0.115. The second-order valence-electron chi connectivity index (χ2n) is 7.82. The van der Waals surface area contributed by atoms with Gasteiger partial charge in [0.15, 0.2) is 0 Å². The van der Waals surface area contributed by atoms with E-state index < -0.39 is 0 Å². The van der Waals surface area contributed by atoms with Gasteiger partial charge in [0.05, 0.1) is 22.7 Å². The van der Waals surface area contributed by atoms with Gasteiger partial charge in [0.1, 0.15) is 0 Å². The number of amides is 2. The molecule has 2 N–H and O–H groups in total. The van der Waals surface area contributed by atoms with Gasteiger partial charge in [0.25, 0.3) is 5.91 Å². The van der Waals surface area contributed by atoms with Gasteiger partial charge < -0.3 is 20.4 Å². The smallest absolute Gasteiger partial charge is 0.255 e. The zero-order valence-corrected chi connectivity index (χ0v) is 16.9. The quantitative estimate of drug-likeness (QED) is 0.826. The second kappa shape index (κ2) is 8.55. The third-order valence-corrected chi connectivity index (χ3v) is 5.72. The number of rotatable bonds is 3. The van der Waals surface area contributed by atoms with Gasteiger partial charge in [-0.3, -0.25) is 9.59 Å². The number of para-hydroxylation sites is 2. The van der Waals surface area contributed by atoms with Crippen LogP contribution in [0.3, 0.4) is 0 Å². The molecule has 0 aromatic heterocycles. The Morgan fingerprint density at radius 1 is 0.966 bits per heavy atom. The lowest BCUT2D eigenvalue weighted by Gasteiger charge is -2.25. The van der Waals surface area contributed by atoms with Gasteiger partial charge in [0.2, 0.25) is 5.91 Å². The van der Waals surface area contributed by atoms with Crippen LogP contribution in [0.25, 0.3) is 0 Å². The Balaban J connectivity index is 1.57. The van der Waals surface area contributed by atoms with Crippen LogP contribution in [0, 0.1) is 0 Å². The molecule has 2 aromatic rings. The topological polar surface area (TPSA) is 64.7 Å². The highest BCUT2D eigenvalue weighted by molar-refractivity contribution is 6.08. The number of carbonyl (C=O) groups is 2. The minimum absolute atomic E-state index is 0.0281. The summed E-state index contributed by atoms with van der Waals surface area (Å²) in [4.78, 5) is 29.4. The molecule has 4 rings (SSSR count). The fraction of sp³-hybridized carbons (Fsp3) is 0.391. The number of hydrogen-bond acceptors (Lipinski definition) is 4. The maximum Gasteiger partial charge on any atom is 0.255 e. The van der Waals surface area contributed by atoms with Crippen LogP contribution < -0.4 is 20.4 Å². The highest BCUT2D eigenvalue weighted by Crippen LogP contribution is 2.31. The Morgan fingerprint density at radius 3 is 2.52 bits per heavy atom. The first-order valence-electron chi connectivity index (χ1n) is 10.4. The number of nitrogens with one attached hydrogen (secondary N) is 2. The van der Waals surface area contributed by atoms with Crippen molar-refractivity contribution >= 4 is 34.6 Å². The van der Waals surface area contributed by atoms with Gasteiger partial charge >= 0.3 is 0 Å². The van der Waals surface area contributed by atoms with Crippen LogP contribution in [-0.2, 0) is 4.79 Å². The molecule has 2 aromatic carbocycles. The number of anilines is 4. The van der Waals surface area contributed by atoms with Crippen molar-refractivity contribution in [2.45, 2.75) is 32.1 Å². The predicted molar refractivity (Wildman–Crippen MR) is 118 cm³/mol. The summed E-state index contributed by atoms with van der Waals surface area (Å²) in [5.41, 5.74) is 4.05. The predicted octanol–water partition coefficient (Wildman–Crippen LogP) is 4.10. The van der Waals surface area contributed by atoms with Gasteiger partial charge in [-0.2, -0.15) is 0 Å². The summed E-state index contributed by atoms with van der Waals surface area (Å²) in [6.07, 6.45) is 5.33.